The highest BCUT2D eigenvalue weighted by atomic mass is 35.5. The van der Waals surface area contributed by atoms with Crippen LogP contribution in [0.3, 0.4) is 0 Å². The first-order chi connectivity index (χ1) is 17.4. The molecule has 0 radical (unpaired) electrons. The average Bonchev–Trinajstić information content (AvgIpc) is 2.91. The van der Waals surface area contributed by atoms with E-state index in [4.69, 9.17) is 30.8 Å². The topological polar surface area (TPSA) is 60.9 Å². The molecule has 0 saturated heterocycles. The summed E-state index contributed by atoms with van der Waals surface area (Å²) in [5.74, 6) is 2.17. The molecule has 36 heavy (non-hydrogen) atoms. The van der Waals surface area contributed by atoms with Crippen LogP contribution in [-0.2, 0) is 17.9 Å². The van der Waals surface area contributed by atoms with Crippen molar-refractivity contribution in [1.29, 1.82) is 0 Å². The molecule has 0 aliphatic heterocycles. The SMILES string of the molecule is CCC(=O)N(Cc1ccc(OC)cc1)Cc1cc2ccc(Cl)cc2nc1-c1cc(OC)ccc1OC. The van der Waals surface area contributed by atoms with Crippen molar-refractivity contribution in [2.75, 3.05) is 21.3 Å². The standard InChI is InChI=1S/C29H29ClN2O4/c1-5-28(33)32(17-19-6-10-23(34-2)11-7-19)18-21-14-20-8-9-22(30)15-26(20)31-29(21)25-16-24(35-3)12-13-27(25)36-4/h6-16H,5,17-18H2,1-4H3. The summed E-state index contributed by atoms with van der Waals surface area (Å²) >= 11 is 6.27. The Labute approximate surface area is 216 Å². The van der Waals surface area contributed by atoms with Gasteiger partial charge in [-0.2, -0.15) is 0 Å². The van der Waals surface area contributed by atoms with Crippen LogP contribution in [0, 0.1) is 0 Å². The van der Waals surface area contributed by atoms with Crippen LogP contribution in [0.1, 0.15) is 24.5 Å². The molecule has 3 aromatic carbocycles. The largest absolute Gasteiger partial charge is 0.497 e. The van der Waals surface area contributed by atoms with Gasteiger partial charge in [0.2, 0.25) is 5.91 Å². The van der Waals surface area contributed by atoms with Gasteiger partial charge in [0.15, 0.2) is 0 Å². The third-order valence-corrected chi connectivity index (χ3v) is 6.30. The summed E-state index contributed by atoms with van der Waals surface area (Å²) in [4.78, 5) is 19.9. The minimum atomic E-state index is 0.0468. The highest BCUT2D eigenvalue weighted by Gasteiger charge is 2.20. The number of halogens is 1. The minimum absolute atomic E-state index is 0.0468. The van der Waals surface area contributed by atoms with Gasteiger partial charge in [-0.25, -0.2) is 4.98 Å². The van der Waals surface area contributed by atoms with E-state index in [1.165, 1.54) is 0 Å². The number of pyridine rings is 1. The summed E-state index contributed by atoms with van der Waals surface area (Å²) in [6.07, 6.45) is 0.393. The van der Waals surface area contributed by atoms with Gasteiger partial charge in [0.25, 0.3) is 0 Å². The van der Waals surface area contributed by atoms with Gasteiger partial charge in [0.05, 0.1) is 32.5 Å². The zero-order chi connectivity index (χ0) is 25.7. The van der Waals surface area contributed by atoms with Crippen LogP contribution in [0.5, 0.6) is 17.2 Å². The Morgan fingerprint density at radius 1 is 0.861 bits per heavy atom. The summed E-state index contributed by atoms with van der Waals surface area (Å²) in [5, 5.41) is 1.54. The third-order valence-electron chi connectivity index (χ3n) is 6.07. The lowest BCUT2D eigenvalue weighted by molar-refractivity contribution is -0.132. The molecular weight excluding hydrogens is 476 g/mol. The van der Waals surface area contributed by atoms with Gasteiger partial charge in [-0.05, 0) is 59.7 Å². The Hall–Kier alpha value is -3.77. The van der Waals surface area contributed by atoms with Crippen molar-refractivity contribution in [2.45, 2.75) is 26.4 Å². The number of benzene rings is 3. The van der Waals surface area contributed by atoms with Crippen LogP contribution in [0.4, 0.5) is 0 Å². The zero-order valence-corrected chi connectivity index (χ0v) is 21.6. The molecule has 1 amide bonds. The predicted molar refractivity (Wildman–Crippen MR) is 143 cm³/mol. The van der Waals surface area contributed by atoms with Gasteiger partial charge in [0, 0.05) is 35.5 Å². The quantitative estimate of drug-likeness (QED) is 0.259. The van der Waals surface area contributed by atoms with Crippen molar-refractivity contribution < 1.29 is 19.0 Å². The molecule has 6 nitrogen and oxygen atoms in total. The first-order valence-corrected chi connectivity index (χ1v) is 12.1. The van der Waals surface area contributed by atoms with Crippen LogP contribution >= 0.6 is 11.6 Å². The van der Waals surface area contributed by atoms with Crippen molar-refractivity contribution in [1.82, 2.24) is 9.88 Å². The lowest BCUT2D eigenvalue weighted by atomic mass is 10.0. The number of methoxy groups -OCH3 is 3. The molecule has 0 aliphatic carbocycles. The van der Waals surface area contributed by atoms with E-state index < -0.39 is 0 Å². The molecular formula is C29H29ClN2O4. The maximum atomic E-state index is 13.0. The monoisotopic (exact) mass is 504 g/mol. The van der Waals surface area contributed by atoms with Crippen LogP contribution in [0.2, 0.25) is 5.02 Å². The van der Waals surface area contributed by atoms with E-state index in [2.05, 4.69) is 6.07 Å². The number of amides is 1. The molecule has 4 aromatic rings. The Morgan fingerprint density at radius 3 is 2.25 bits per heavy atom. The summed E-state index contributed by atoms with van der Waals surface area (Å²) in [7, 11) is 4.88. The summed E-state index contributed by atoms with van der Waals surface area (Å²) < 4.78 is 16.4. The molecule has 186 valence electrons. The van der Waals surface area contributed by atoms with Gasteiger partial charge in [-0.1, -0.05) is 36.7 Å². The number of fused-ring (bicyclic) bond motifs is 1. The molecule has 0 spiro atoms. The molecule has 1 aromatic heterocycles. The van der Waals surface area contributed by atoms with E-state index in [9.17, 15) is 4.79 Å². The van der Waals surface area contributed by atoms with Crippen LogP contribution in [0.15, 0.2) is 66.7 Å². The molecule has 0 N–H and O–H groups in total. The third kappa shape index (κ3) is 5.55. The van der Waals surface area contributed by atoms with Gasteiger partial charge < -0.3 is 19.1 Å². The predicted octanol–water partition coefficient (Wildman–Crippen LogP) is 6.52. The van der Waals surface area contributed by atoms with Gasteiger partial charge in [0.1, 0.15) is 17.2 Å². The zero-order valence-electron chi connectivity index (χ0n) is 20.9. The van der Waals surface area contributed by atoms with E-state index in [0.29, 0.717) is 41.7 Å². The first kappa shape index (κ1) is 25.3. The number of ether oxygens (including phenoxy) is 3. The second kappa shape index (κ2) is 11.3. The molecule has 0 bridgehead atoms. The number of carbonyl (C=O) groups is 1. The van der Waals surface area contributed by atoms with E-state index in [0.717, 1.165) is 33.3 Å². The molecule has 0 saturated carbocycles. The van der Waals surface area contributed by atoms with E-state index in [1.54, 1.807) is 21.3 Å². The van der Waals surface area contributed by atoms with Crippen LogP contribution in [0.25, 0.3) is 22.2 Å². The fourth-order valence-corrected chi connectivity index (χ4v) is 4.32. The molecule has 4 rings (SSSR count). The minimum Gasteiger partial charge on any atom is -0.497 e. The second-order valence-electron chi connectivity index (χ2n) is 8.35. The van der Waals surface area contributed by atoms with Crippen molar-refractivity contribution in [3.63, 3.8) is 0 Å². The summed E-state index contributed by atoms with van der Waals surface area (Å²) in [5.41, 5.74) is 4.16. The number of carbonyl (C=O) groups excluding carboxylic acids is 1. The van der Waals surface area contributed by atoms with E-state index in [-0.39, 0.29) is 5.91 Å². The molecule has 1 heterocycles. The number of aromatic nitrogens is 1. The molecule has 0 aliphatic rings. The fraction of sp³-hybridized carbons (Fsp3) is 0.241. The number of hydrogen-bond donors (Lipinski definition) is 0. The molecule has 7 heteroatoms. The first-order valence-electron chi connectivity index (χ1n) is 11.7. The van der Waals surface area contributed by atoms with E-state index in [1.807, 2.05) is 72.5 Å². The highest BCUT2D eigenvalue weighted by molar-refractivity contribution is 6.31. The molecule has 0 fully saturated rings. The fourth-order valence-electron chi connectivity index (χ4n) is 4.15. The van der Waals surface area contributed by atoms with Gasteiger partial charge >= 0.3 is 0 Å². The summed E-state index contributed by atoms with van der Waals surface area (Å²) in [6, 6.07) is 21.0. The smallest absolute Gasteiger partial charge is 0.222 e. The number of hydrogen-bond acceptors (Lipinski definition) is 5. The Balaban J connectivity index is 1.83. The average molecular weight is 505 g/mol. The Morgan fingerprint density at radius 2 is 1.58 bits per heavy atom. The second-order valence-corrected chi connectivity index (χ2v) is 8.79. The van der Waals surface area contributed by atoms with Gasteiger partial charge in [-0.3, -0.25) is 4.79 Å². The molecule has 0 atom stereocenters. The maximum Gasteiger partial charge on any atom is 0.222 e. The van der Waals surface area contributed by atoms with Crippen molar-refractivity contribution in [3.8, 4) is 28.5 Å². The number of nitrogens with zero attached hydrogens (tertiary/aromatic N) is 2. The molecule has 0 unspecified atom stereocenters. The lowest BCUT2D eigenvalue weighted by Crippen LogP contribution is -2.29. The number of rotatable bonds is 9. The highest BCUT2D eigenvalue weighted by Crippen LogP contribution is 2.36. The normalized spacial score (nSPS) is 10.8. The van der Waals surface area contributed by atoms with Gasteiger partial charge in [-0.15, -0.1) is 0 Å². The van der Waals surface area contributed by atoms with Crippen molar-refractivity contribution in [2.24, 2.45) is 0 Å². The van der Waals surface area contributed by atoms with Crippen molar-refractivity contribution >= 4 is 28.4 Å². The van der Waals surface area contributed by atoms with Crippen molar-refractivity contribution in [3.05, 3.63) is 82.9 Å². The Bertz CT molecular complexity index is 1370. The lowest BCUT2D eigenvalue weighted by Gasteiger charge is -2.24. The maximum absolute atomic E-state index is 13.0. The van der Waals surface area contributed by atoms with Crippen LogP contribution < -0.4 is 14.2 Å². The van der Waals surface area contributed by atoms with E-state index >= 15 is 0 Å². The summed E-state index contributed by atoms with van der Waals surface area (Å²) in [6.45, 7) is 2.71. The Kier molecular flexibility index (Phi) is 7.96. The van der Waals surface area contributed by atoms with Crippen LogP contribution in [-0.4, -0.2) is 37.1 Å².